The summed E-state index contributed by atoms with van der Waals surface area (Å²) in [5, 5.41) is 0. The number of H-pyrrole nitrogens is 2. The number of rotatable bonds is 6. The molecule has 4 aromatic rings. The molecule has 0 spiro atoms. The van der Waals surface area contributed by atoms with Gasteiger partial charge in [0.15, 0.2) is 0 Å². The molecule has 0 bridgehead atoms. The normalized spacial score (nSPS) is 11.4. The van der Waals surface area contributed by atoms with Crippen molar-refractivity contribution < 1.29 is 13.2 Å². The van der Waals surface area contributed by atoms with E-state index in [0.29, 0.717) is 17.6 Å². The molecule has 0 atom stereocenters. The molecule has 0 radical (unpaired) electrons. The first-order valence-electron chi connectivity index (χ1n) is 9.32. The number of para-hydroxylation sites is 1. The van der Waals surface area contributed by atoms with Crippen molar-refractivity contribution in [2.45, 2.75) is 11.4 Å². The number of carbonyl (C=O) groups excluding carboxylic acids is 1. The highest BCUT2D eigenvalue weighted by atomic mass is 32.2. The fraction of sp³-hybridized carbons (Fsp3) is 0.0952. The average molecular weight is 437 g/mol. The summed E-state index contributed by atoms with van der Waals surface area (Å²) >= 11 is 0. The number of anilines is 1. The zero-order chi connectivity index (χ0) is 22.0. The Kier molecular flexibility index (Phi) is 5.30. The Morgan fingerprint density at radius 1 is 1.03 bits per heavy atom. The molecule has 2 aromatic heterocycles. The minimum Gasteiger partial charge on any atom is -0.337 e. The third-order valence-electron chi connectivity index (χ3n) is 4.72. The molecule has 0 saturated carbocycles. The minimum absolute atomic E-state index is 0.0392. The van der Waals surface area contributed by atoms with Crippen molar-refractivity contribution in [3.05, 3.63) is 88.6 Å². The van der Waals surface area contributed by atoms with Gasteiger partial charge in [0.1, 0.15) is 0 Å². The van der Waals surface area contributed by atoms with E-state index in [9.17, 15) is 18.0 Å². The van der Waals surface area contributed by atoms with Crippen molar-refractivity contribution >= 4 is 32.7 Å². The van der Waals surface area contributed by atoms with Crippen molar-refractivity contribution in [2.24, 2.45) is 0 Å². The molecule has 3 N–H and O–H groups in total. The number of aromatic nitrogens is 3. The van der Waals surface area contributed by atoms with Crippen LogP contribution in [0.2, 0.25) is 0 Å². The number of benzene rings is 2. The van der Waals surface area contributed by atoms with Crippen LogP contribution in [0.4, 0.5) is 5.69 Å². The number of fused-ring (bicyclic) bond motifs is 1. The fourth-order valence-electron chi connectivity index (χ4n) is 3.18. The highest BCUT2D eigenvalue weighted by Crippen LogP contribution is 2.23. The summed E-state index contributed by atoms with van der Waals surface area (Å²) in [7, 11) is -2.36. The number of hydrogen-bond acceptors (Lipinski definition) is 5. The van der Waals surface area contributed by atoms with Crippen LogP contribution >= 0.6 is 0 Å². The minimum atomic E-state index is -4.00. The highest BCUT2D eigenvalue weighted by Gasteiger charge is 2.21. The predicted octanol–water partition coefficient (Wildman–Crippen LogP) is 2.32. The molecule has 0 unspecified atom stereocenters. The smallest absolute Gasteiger partial charge is 0.323 e. The molecule has 9 nitrogen and oxygen atoms in total. The zero-order valence-corrected chi connectivity index (χ0v) is 17.3. The number of nitrogens with one attached hydrogen (secondary N) is 3. The van der Waals surface area contributed by atoms with E-state index in [-0.39, 0.29) is 22.1 Å². The number of nitrogens with zero attached hydrogens (tertiary/aromatic N) is 2. The van der Waals surface area contributed by atoms with Crippen molar-refractivity contribution in [3.63, 3.8) is 0 Å². The van der Waals surface area contributed by atoms with Gasteiger partial charge in [-0.3, -0.25) is 14.5 Å². The van der Waals surface area contributed by atoms with Crippen LogP contribution in [0.3, 0.4) is 0 Å². The van der Waals surface area contributed by atoms with Crippen LogP contribution < -0.4 is 10.4 Å². The highest BCUT2D eigenvalue weighted by molar-refractivity contribution is 7.92. The van der Waals surface area contributed by atoms with Gasteiger partial charge in [0.2, 0.25) is 0 Å². The van der Waals surface area contributed by atoms with Gasteiger partial charge in [0.05, 0.1) is 27.2 Å². The summed E-state index contributed by atoms with van der Waals surface area (Å²) < 4.78 is 28.4. The maximum Gasteiger partial charge on any atom is 0.323 e. The molecular formula is C21H19N5O4S. The Labute approximate surface area is 177 Å². The summed E-state index contributed by atoms with van der Waals surface area (Å²) in [5.41, 5.74) is 1.73. The molecule has 158 valence electrons. The Morgan fingerprint density at radius 2 is 1.74 bits per heavy atom. The predicted molar refractivity (Wildman–Crippen MR) is 116 cm³/mol. The van der Waals surface area contributed by atoms with Crippen molar-refractivity contribution in [3.8, 4) is 0 Å². The van der Waals surface area contributed by atoms with Crippen LogP contribution in [-0.4, -0.2) is 41.2 Å². The molecule has 0 fully saturated rings. The van der Waals surface area contributed by atoms with E-state index in [1.54, 1.807) is 49.8 Å². The van der Waals surface area contributed by atoms with Crippen LogP contribution in [-0.2, 0) is 16.6 Å². The maximum absolute atomic E-state index is 13.0. The van der Waals surface area contributed by atoms with Gasteiger partial charge in [-0.2, -0.15) is 0 Å². The third-order valence-corrected chi connectivity index (χ3v) is 6.08. The van der Waals surface area contributed by atoms with E-state index in [0.717, 1.165) is 5.56 Å². The lowest BCUT2D eigenvalue weighted by atomic mass is 10.1. The van der Waals surface area contributed by atoms with Gasteiger partial charge in [0, 0.05) is 26.0 Å². The molecule has 0 aliphatic heterocycles. The van der Waals surface area contributed by atoms with Crippen LogP contribution in [0.15, 0.2) is 76.7 Å². The van der Waals surface area contributed by atoms with E-state index in [1.165, 1.54) is 29.2 Å². The summed E-state index contributed by atoms with van der Waals surface area (Å²) in [4.78, 5) is 34.9. The molecule has 2 heterocycles. The number of amides is 1. The molecule has 1 amide bonds. The molecule has 2 aromatic carbocycles. The molecular weight excluding hydrogens is 418 g/mol. The van der Waals surface area contributed by atoms with E-state index >= 15 is 0 Å². The average Bonchev–Trinajstić information content (AvgIpc) is 3.13. The fourth-order valence-corrected chi connectivity index (χ4v) is 4.29. The monoisotopic (exact) mass is 437 g/mol. The first kappa shape index (κ1) is 20.4. The van der Waals surface area contributed by atoms with E-state index < -0.39 is 15.7 Å². The lowest BCUT2D eigenvalue weighted by Crippen LogP contribution is -2.27. The Morgan fingerprint density at radius 3 is 2.52 bits per heavy atom. The standard InChI is InChI=1S/C21H19N5O4S/c1-26(13-14-8-10-22-11-9-14)20(27)16-4-2-3-5-17(16)25-31(29,30)15-6-7-18-19(12-15)24-21(28)23-18/h2-12,25H,13H2,1H3,(H2,23,24,28). The second-order valence-corrected chi connectivity index (χ2v) is 8.64. The van der Waals surface area contributed by atoms with Crippen LogP contribution in [0, 0.1) is 0 Å². The van der Waals surface area contributed by atoms with Crippen molar-refractivity contribution in [1.82, 2.24) is 19.9 Å². The summed E-state index contributed by atoms with van der Waals surface area (Å²) in [6.07, 6.45) is 3.29. The summed E-state index contributed by atoms with van der Waals surface area (Å²) in [6.45, 7) is 0.347. The lowest BCUT2D eigenvalue weighted by molar-refractivity contribution is 0.0786. The van der Waals surface area contributed by atoms with Gasteiger partial charge < -0.3 is 14.9 Å². The zero-order valence-electron chi connectivity index (χ0n) is 16.5. The molecule has 0 saturated heterocycles. The van der Waals surface area contributed by atoms with Gasteiger partial charge in [-0.1, -0.05) is 12.1 Å². The number of carbonyl (C=O) groups is 1. The van der Waals surface area contributed by atoms with E-state index in [4.69, 9.17) is 0 Å². The molecule has 0 aliphatic carbocycles. The third kappa shape index (κ3) is 4.33. The largest absolute Gasteiger partial charge is 0.337 e. The first-order chi connectivity index (χ1) is 14.8. The van der Waals surface area contributed by atoms with E-state index in [2.05, 4.69) is 19.7 Å². The van der Waals surface area contributed by atoms with Crippen LogP contribution in [0.5, 0.6) is 0 Å². The molecule has 10 heteroatoms. The second-order valence-electron chi connectivity index (χ2n) is 6.95. The summed E-state index contributed by atoms with van der Waals surface area (Å²) in [6, 6.07) is 14.3. The van der Waals surface area contributed by atoms with E-state index in [1.807, 2.05) is 0 Å². The number of imidazole rings is 1. The van der Waals surface area contributed by atoms with Crippen LogP contribution in [0.25, 0.3) is 11.0 Å². The topological polar surface area (TPSA) is 128 Å². The van der Waals surface area contributed by atoms with Gasteiger partial charge in [0.25, 0.3) is 15.9 Å². The lowest BCUT2D eigenvalue weighted by Gasteiger charge is -2.19. The SMILES string of the molecule is CN(Cc1ccncc1)C(=O)c1ccccc1NS(=O)(=O)c1ccc2[nH]c(=O)[nH]c2c1. The Balaban J connectivity index is 1.61. The first-order valence-corrected chi connectivity index (χ1v) is 10.8. The Hall–Kier alpha value is -3.92. The van der Waals surface area contributed by atoms with Gasteiger partial charge in [-0.25, -0.2) is 13.2 Å². The Bertz CT molecular complexity index is 1410. The maximum atomic E-state index is 13.0. The quantitative estimate of drug-likeness (QED) is 0.426. The van der Waals surface area contributed by atoms with Crippen LogP contribution in [0.1, 0.15) is 15.9 Å². The number of pyridine rings is 1. The van der Waals surface area contributed by atoms with Gasteiger partial charge in [-0.05, 0) is 48.0 Å². The van der Waals surface area contributed by atoms with Gasteiger partial charge >= 0.3 is 5.69 Å². The van der Waals surface area contributed by atoms with Crippen molar-refractivity contribution in [2.75, 3.05) is 11.8 Å². The second kappa shape index (κ2) is 8.07. The van der Waals surface area contributed by atoms with Gasteiger partial charge in [-0.15, -0.1) is 0 Å². The summed E-state index contributed by atoms with van der Waals surface area (Å²) in [5.74, 6) is -0.333. The molecule has 31 heavy (non-hydrogen) atoms. The molecule has 0 aliphatic rings. The number of aromatic amines is 2. The number of hydrogen-bond donors (Lipinski definition) is 3. The number of sulfonamides is 1. The molecule has 4 rings (SSSR count). The van der Waals surface area contributed by atoms with Crippen molar-refractivity contribution in [1.29, 1.82) is 0 Å².